The third kappa shape index (κ3) is 4.67. The number of anilines is 1. The monoisotopic (exact) mass is 336 g/mol. The molecule has 0 spiro atoms. The molecule has 0 radical (unpaired) electrons. The molecule has 0 aliphatic rings. The van der Waals surface area contributed by atoms with E-state index in [1.165, 1.54) is 24.4 Å². The number of nitrogens with zero attached hydrogens (tertiary/aromatic N) is 3. The number of alkyl halides is 3. The van der Waals surface area contributed by atoms with Crippen molar-refractivity contribution in [3.05, 3.63) is 47.4 Å². The molecule has 0 unspecified atom stereocenters. The summed E-state index contributed by atoms with van der Waals surface area (Å²) < 4.78 is 40.6. The third-order valence-electron chi connectivity index (χ3n) is 2.85. The molecule has 0 aliphatic carbocycles. The number of aryl methyl sites for hydroxylation is 1. The number of rotatable bonds is 4. The van der Waals surface area contributed by atoms with Crippen molar-refractivity contribution in [1.29, 1.82) is 5.26 Å². The topological polar surface area (TPSA) is 87.9 Å². The lowest BCUT2D eigenvalue weighted by atomic mass is 10.1. The fraction of sp³-hybridized carbons (Fsp3) is 0.200. The van der Waals surface area contributed by atoms with Gasteiger partial charge < -0.3 is 10.1 Å². The van der Waals surface area contributed by atoms with Gasteiger partial charge in [0.2, 0.25) is 5.88 Å². The minimum Gasteiger partial charge on any atom is -0.468 e. The number of hydrogen-bond donors (Lipinski definition) is 1. The Labute approximate surface area is 134 Å². The largest absolute Gasteiger partial charge is 0.468 e. The molecule has 24 heavy (non-hydrogen) atoms. The number of ether oxygens (including phenoxy) is 1. The van der Waals surface area contributed by atoms with E-state index in [0.29, 0.717) is 5.69 Å². The zero-order valence-corrected chi connectivity index (χ0v) is 12.4. The van der Waals surface area contributed by atoms with Gasteiger partial charge in [-0.15, -0.1) is 0 Å². The van der Waals surface area contributed by atoms with E-state index in [2.05, 4.69) is 20.0 Å². The van der Waals surface area contributed by atoms with Gasteiger partial charge >= 0.3 is 6.18 Å². The van der Waals surface area contributed by atoms with Crippen molar-refractivity contribution in [1.82, 2.24) is 9.97 Å². The maximum atomic E-state index is 12.1. The number of halogens is 3. The molecule has 0 aromatic carbocycles. The minimum atomic E-state index is -4.45. The van der Waals surface area contributed by atoms with Gasteiger partial charge in [0.1, 0.15) is 6.07 Å². The second kappa shape index (κ2) is 6.95. The van der Waals surface area contributed by atoms with Gasteiger partial charge in [-0.05, 0) is 19.1 Å². The molecule has 1 amide bonds. The third-order valence-corrected chi connectivity index (χ3v) is 2.85. The molecule has 0 bridgehead atoms. The Kier molecular flexibility index (Phi) is 4.99. The van der Waals surface area contributed by atoms with Crippen LogP contribution in [0.15, 0.2) is 30.6 Å². The van der Waals surface area contributed by atoms with E-state index < -0.39 is 18.7 Å². The van der Waals surface area contributed by atoms with Crippen LogP contribution in [-0.2, 0) is 0 Å². The highest BCUT2D eigenvalue weighted by Crippen LogP contribution is 2.18. The van der Waals surface area contributed by atoms with Crippen molar-refractivity contribution in [2.45, 2.75) is 13.1 Å². The predicted molar refractivity (Wildman–Crippen MR) is 77.4 cm³/mol. The number of pyridine rings is 2. The summed E-state index contributed by atoms with van der Waals surface area (Å²) in [6, 6.07) is 5.87. The molecular weight excluding hydrogens is 325 g/mol. The van der Waals surface area contributed by atoms with E-state index in [9.17, 15) is 18.0 Å². The van der Waals surface area contributed by atoms with E-state index in [1.807, 2.05) is 6.07 Å². The van der Waals surface area contributed by atoms with Gasteiger partial charge in [0.05, 0.1) is 28.7 Å². The molecule has 0 saturated carbocycles. The summed E-state index contributed by atoms with van der Waals surface area (Å²) in [6.07, 6.45) is -1.97. The summed E-state index contributed by atoms with van der Waals surface area (Å²) in [6.45, 7) is 0.196. The molecule has 6 nitrogen and oxygen atoms in total. The number of carbonyl (C=O) groups excluding carboxylic acids is 1. The van der Waals surface area contributed by atoms with Crippen LogP contribution in [-0.4, -0.2) is 28.7 Å². The smallest absolute Gasteiger partial charge is 0.422 e. The summed E-state index contributed by atoms with van der Waals surface area (Å²) in [4.78, 5) is 19.7. The van der Waals surface area contributed by atoms with Gasteiger partial charge in [0.25, 0.3) is 5.91 Å². The van der Waals surface area contributed by atoms with Gasteiger partial charge in [-0.25, -0.2) is 4.98 Å². The van der Waals surface area contributed by atoms with Crippen LogP contribution in [0.4, 0.5) is 18.9 Å². The molecule has 0 atom stereocenters. The molecule has 1 N–H and O–H groups in total. The SMILES string of the molecule is Cc1ncc(C(=O)Nc2ccc(OCC(F)(F)F)nc2)cc1C#N. The Morgan fingerprint density at radius 2 is 2.08 bits per heavy atom. The van der Waals surface area contributed by atoms with Crippen molar-refractivity contribution < 1.29 is 22.7 Å². The standard InChI is InChI=1S/C15H11F3N4O2/c1-9-10(5-19)4-11(6-20-9)14(23)22-12-2-3-13(21-7-12)24-8-15(16,17)18/h2-4,6-7H,8H2,1H3,(H,22,23). The highest BCUT2D eigenvalue weighted by molar-refractivity contribution is 6.04. The second-order valence-electron chi connectivity index (χ2n) is 4.71. The zero-order chi connectivity index (χ0) is 17.7. The molecule has 0 aliphatic heterocycles. The Balaban J connectivity index is 2.03. The van der Waals surface area contributed by atoms with Crippen molar-refractivity contribution in [2.24, 2.45) is 0 Å². The lowest BCUT2D eigenvalue weighted by Gasteiger charge is -2.09. The van der Waals surface area contributed by atoms with Crippen molar-refractivity contribution in [3.63, 3.8) is 0 Å². The lowest BCUT2D eigenvalue weighted by molar-refractivity contribution is -0.154. The second-order valence-corrected chi connectivity index (χ2v) is 4.71. The normalized spacial score (nSPS) is 10.8. The van der Waals surface area contributed by atoms with Gasteiger partial charge in [0.15, 0.2) is 6.61 Å². The summed E-state index contributed by atoms with van der Waals surface area (Å²) in [7, 11) is 0. The average molecular weight is 336 g/mol. The van der Waals surface area contributed by atoms with Crippen LogP contribution < -0.4 is 10.1 Å². The van der Waals surface area contributed by atoms with Crippen molar-refractivity contribution in [2.75, 3.05) is 11.9 Å². The van der Waals surface area contributed by atoms with E-state index in [4.69, 9.17) is 5.26 Å². The quantitative estimate of drug-likeness (QED) is 0.927. The molecule has 9 heteroatoms. The van der Waals surface area contributed by atoms with Crippen LogP contribution >= 0.6 is 0 Å². The average Bonchev–Trinajstić information content (AvgIpc) is 2.54. The Morgan fingerprint density at radius 3 is 2.67 bits per heavy atom. The fourth-order valence-electron chi connectivity index (χ4n) is 1.67. The number of aromatic nitrogens is 2. The molecule has 0 fully saturated rings. The first-order valence-electron chi connectivity index (χ1n) is 6.62. The van der Waals surface area contributed by atoms with Crippen molar-refractivity contribution >= 4 is 11.6 Å². The number of nitrogens with one attached hydrogen (secondary N) is 1. The summed E-state index contributed by atoms with van der Waals surface area (Å²) in [5, 5.41) is 11.4. The number of nitriles is 1. The first kappa shape index (κ1) is 17.2. The van der Waals surface area contributed by atoms with E-state index in [1.54, 1.807) is 6.92 Å². The molecule has 2 rings (SSSR count). The van der Waals surface area contributed by atoms with Crippen LogP contribution in [0.25, 0.3) is 0 Å². The Hall–Kier alpha value is -3.15. The van der Waals surface area contributed by atoms with Crippen LogP contribution in [0.5, 0.6) is 5.88 Å². The van der Waals surface area contributed by atoms with Crippen molar-refractivity contribution in [3.8, 4) is 11.9 Å². The van der Waals surface area contributed by atoms with E-state index in [0.717, 1.165) is 6.20 Å². The number of hydrogen-bond acceptors (Lipinski definition) is 5. The first-order valence-corrected chi connectivity index (χ1v) is 6.62. The van der Waals surface area contributed by atoms with Crippen LogP contribution in [0.2, 0.25) is 0 Å². The van der Waals surface area contributed by atoms with Gasteiger partial charge in [-0.2, -0.15) is 18.4 Å². The van der Waals surface area contributed by atoms with E-state index >= 15 is 0 Å². The fourth-order valence-corrected chi connectivity index (χ4v) is 1.67. The maximum absolute atomic E-state index is 12.1. The number of carbonyl (C=O) groups is 1. The minimum absolute atomic E-state index is 0.176. The predicted octanol–water partition coefficient (Wildman–Crippen LogP) is 2.85. The Bertz CT molecular complexity index is 783. The first-order chi connectivity index (χ1) is 11.3. The lowest BCUT2D eigenvalue weighted by Crippen LogP contribution is -2.19. The number of amides is 1. The van der Waals surface area contributed by atoms with Gasteiger partial charge in [-0.3, -0.25) is 9.78 Å². The molecule has 0 saturated heterocycles. The summed E-state index contributed by atoms with van der Waals surface area (Å²) in [5.74, 6) is -0.737. The highest BCUT2D eigenvalue weighted by atomic mass is 19.4. The molecule has 2 aromatic rings. The van der Waals surface area contributed by atoms with Gasteiger partial charge in [-0.1, -0.05) is 0 Å². The Morgan fingerprint density at radius 1 is 1.33 bits per heavy atom. The van der Waals surface area contributed by atoms with Crippen LogP contribution in [0, 0.1) is 18.3 Å². The summed E-state index contributed by atoms with van der Waals surface area (Å²) in [5.41, 5.74) is 1.21. The molecule has 2 aromatic heterocycles. The molecular formula is C15H11F3N4O2. The van der Waals surface area contributed by atoms with Crippen LogP contribution in [0.1, 0.15) is 21.6 Å². The molecule has 124 valence electrons. The maximum Gasteiger partial charge on any atom is 0.422 e. The van der Waals surface area contributed by atoms with Crippen LogP contribution in [0.3, 0.4) is 0 Å². The molecule has 2 heterocycles. The zero-order valence-electron chi connectivity index (χ0n) is 12.4. The highest BCUT2D eigenvalue weighted by Gasteiger charge is 2.28. The van der Waals surface area contributed by atoms with Gasteiger partial charge in [0, 0.05) is 12.3 Å². The summed E-state index contributed by atoms with van der Waals surface area (Å²) >= 11 is 0. The van der Waals surface area contributed by atoms with E-state index in [-0.39, 0.29) is 22.7 Å².